The first-order valence-electron chi connectivity index (χ1n) is 11.1. The van der Waals surface area contributed by atoms with Gasteiger partial charge in [0.15, 0.2) is 5.78 Å². The molecule has 0 N–H and O–H groups in total. The maximum absolute atomic E-state index is 13.8. The third-order valence-electron chi connectivity index (χ3n) is 6.53. The van der Waals surface area contributed by atoms with Crippen LogP contribution < -0.4 is 9.47 Å². The molecule has 0 amide bonds. The van der Waals surface area contributed by atoms with Crippen molar-refractivity contribution in [3.8, 4) is 17.2 Å². The summed E-state index contributed by atoms with van der Waals surface area (Å²) in [4.78, 5) is 16.2. The average molecular weight is 414 g/mol. The van der Waals surface area contributed by atoms with Crippen LogP contribution in [0, 0.1) is 0 Å². The Labute approximate surface area is 183 Å². The largest absolute Gasteiger partial charge is 0.494 e. The Morgan fingerprint density at radius 1 is 0.839 bits per heavy atom. The van der Waals surface area contributed by atoms with E-state index in [1.165, 1.54) is 0 Å². The highest BCUT2D eigenvalue weighted by Gasteiger charge is 2.47. The van der Waals surface area contributed by atoms with E-state index in [4.69, 9.17) is 9.47 Å². The summed E-state index contributed by atoms with van der Waals surface area (Å²) in [6.45, 7) is 3.47. The lowest BCUT2D eigenvalue weighted by Crippen LogP contribution is -2.47. The van der Waals surface area contributed by atoms with Crippen molar-refractivity contribution < 1.29 is 14.3 Å². The number of nitrogens with zero attached hydrogens (tertiary/aromatic N) is 1. The fourth-order valence-corrected chi connectivity index (χ4v) is 4.84. The van der Waals surface area contributed by atoms with E-state index in [0.717, 1.165) is 56.0 Å². The number of piperidine rings is 1. The van der Waals surface area contributed by atoms with Gasteiger partial charge in [-0.25, -0.2) is 0 Å². The number of likely N-dealkylation sites (tertiary alicyclic amines) is 1. The standard InChI is InChI=1S/C27H27NO3/c29-26-22-11-4-6-13-24(22)31-25-14-7-5-12-23(25)27(26)15-18-28(19-16-27)17-8-20-30-21-9-2-1-3-10-21/h1-7,9-14H,8,15-20H2. The Morgan fingerprint density at radius 2 is 1.52 bits per heavy atom. The zero-order chi connectivity index (χ0) is 21.1. The molecular weight excluding hydrogens is 386 g/mol. The van der Waals surface area contributed by atoms with Crippen LogP contribution in [0.5, 0.6) is 17.2 Å². The van der Waals surface area contributed by atoms with Gasteiger partial charge in [-0.2, -0.15) is 0 Å². The highest BCUT2D eigenvalue weighted by atomic mass is 16.5. The van der Waals surface area contributed by atoms with Gasteiger partial charge < -0.3 is 14.4 Å². The first kappa shape index (κ1) is 19.8. The second-order valence-corrected chi connectivity index (χ2v) is 8.36. The Kier molecular flexibility index (Phi) is 5.47. The molecule has 4 heteroatoms. The number of hydrogen-bond acceptors (Lipinski definition) is 4. The molecule has 5 rings (SSSR count). The van der Waals surface area contributed by atoms with Crippen LogP contribution >= 0.6 is 0 Å². The molecule has 0 bridgehead atoms. The number of hydrogen-bond donors (Lipinski definition) is 0. The van der Waals surface area contributed by atoms with E-state index < -0.39 is 5.41 Å². The van der Waals surface area contributed by atoms with Gasteiger partial charge in [0.05, 0.1) is 17.6 Å². The number of Topliss-reactive ketones (excluding diaryl/α,β-unsaturated/α-hetero) is 1. The van der Waals surface area contributed by atoms with Gasteiger partial charge in [0.1, 0.15) is 17.2 Å². The first-order chi connectivity index (χ1) is 15.3. The minimum absolute atomic E-state index is 0.195. The molecule has 0 aromatic heterocycles. The normalized spacial score (nSPS) is 17.4. The fourth-order valence-electron chi connectivity index (χ4n) is 4.84. The van der Waals surface area contributed by atoms with E-state index in [1.807, 2.05) is 72.8 Å². The van der Waals surface area contributed by atoms with E-state index >= 15 is 0 Å². The van der Waals surface area contributed by atoms with Gasteiger partial charge in [0.2, 0.25) is 0 Å². The number of carbonyl (C=O) groups is 1. The summed E-state index contributed by atoms with van der Waals surface area (Å²) >= 11 is 0. The van der Waals surface area contributed by atoms with E-state index in [9.17, 15) is 4.79 Å². The summed E-state index contributed by atoms with van der Waals surface area (Å²) in [5, 5.41) is 0. The number of fused-ring (bicyclic) bond motifs is 3. The fraction of sp³-hybridized carbons (Fsp3) is 0.296. The molecule has 2 heterocycles. The molecule has 0 radical (unpaired) electrons. The molecule has 3 aromatic rings. The van der Waals surface area contributed by atoms with Gasteiger partial charge in [0, 0.05) is 12.1 Å². The molecule has 31 heavy (non-hydrogen) atoms. The third-order valence-corrected chi connectivity index (χ3v) is 6.53. The van der Waals surface area contributed by atoms with Crippen LogP contribution in [0.15, 0.2) is 78.9 Å². The molecule has 4 nitrogen and oxygen atoms in total. The van der Waals surface area contributed by atoms with Crippen LogP contribution in [-0.2, 0) is 5.41 Å². The molecule has 2 aliphatic rings. The van der Waals surface area contributed by atoms with Gasteiger partial charge in [0.25, 0.3) is 0 Å². The Bertz CT molecular complexity index is 1050. The van der Waals surface area contributed by atoms with Crippen molar-refractivity contribution in [2.24, 2.45) is 0 Å². The Hall–Kier alpha value is -3.11. The molecule has 1 spiro atoms. The number of ketones is 1. The van der Waals surface area contributed by atoms with E-state index in [2.05, 4.69) is 11.0 Å². The highest BCUT2D eigenvalue weighted by molar-refractivity contribution is 6.07. The summed E-state index contributed by atoms with van der Waals surface area (Å²) in [6, 6.07) is 25.6. The topological polar surface area (TPSA) is 38.8 Å². The molecular formula is C27H27NO3. The average Bonchev–Trinajstić information content (AvgIpc) is 2.92. The second-order valence-electron chi connectivity index (χ2n) is 8.36. The predicted octanol–water partition coefficient (Wildman–Crippen LogP) is 5.48. The molecule has 1 fully saturated rings. The van der Waals surface area contributed by atoms with Crippen molar-refractivity contribution in [1.82, 2.24) is 4.90 Å². The van der Waals surface area contributed by atoms with Gasteiger partial charge in [-0.1, -0.05) is 48.5 Å². The van der Waals surface area contributed by atoms with Gasteiger partial charge in [-0.05, 0) is 62.7 Å². The number of para-hydroxylation sites is 3. The van der Waals surface area contributed by atoms with Gasteiger partial charge in [-0.3, -0.25) is 4.79 Å². The summed E-state index contributed by atoms with van der Waals surface area (Å²) in [5.74, 6) is 2.59. The van der Waals surface area contributed by atoms with Crippen molar-refractivity contribution >= 4 is 5.78 Å². The van der Waals surface area contributed by atoms with E-state index in [0.29, 0.717) is 17.9 Å². The summed E-state index contributed by atoms with van der Waals surface area (Å²) < 4.78 is 12.0. The smallest absolute Gasteiger partial charge is 0.177 e. The van der Waals surface area contributed by atoms with Crippen molar-refractivity contribution in [3.05, 3.63) is 90.0 Å². The minimum atomic E-state index is -0.514. The summed E-state index contributed by atoms with van der Waals surface area (Å²) in [5.41, 5.74) is 1.21. The lowest BCUT2D eigenvalue weighted by atomic mass is 9.68. The Balaban J connectivity index is 1.29. The monoisotopic (exact) mass is 413 g/mol. The molecule has 0 unspecified atom stereocenters. The van der Waals surface area contributed by atoms with E-state index in [-0.39, 0.29) is 5.78 Å². The molecule has 3 aromatic carbocycles. The molecule has 158 valence electrons. The van der Waals surface area contributed by atoms with Crippen LogP contribution in [0.1, 0.15) is 35.2 Å². The first-order valence-corrected chi connectivity index (χ1v) is 11.1. The molecule has 0 aliphatic carbocycles. The molecule has 0 atom stereocenters. The molecule has 1 saturated heterocycles. The van der Waals surface area contributed by atoms with Gasteiger partial charge >= 0.3 is 0 Å². The highest BCUT2D eigenvalue weighted by Crippen LogP contribution is 2.47. The lowest BCUT2D eigenvalue weighted by Gasteiger charge is -2.40. The Morgan fingerprint density at radius 3 is 2.32 bits per heavy atom. The third kappa shape index (κ3) is 3.84. The second kappa shape index (κ2) is 8.56. The van der Waals surface area contributed by atoms with E-state index in [1.54, 1.807) is 0 Å². The van der Waals surface area contributed by atoms with Crippen molar-refractivity contribution in [2.75, 3.05) is 26.2 Å². The summed E-state index contributed by atoms with van der Waals surface area (Å²) in [7, 11) is 0. The van der Waals surface area contributed by atoms with Crippen LogP contribution in [0.3, 0.4) is 0 Å². The molecule has 2 aliphatic heterocycles. The van der Waals surface area contributed by atoms with Crippen molar-refractivity contribution in [3.63, 3.8) is 0 Å². The van der Waals surface area contributed by atoms with Crippen LogP contribution in [-0.4, -0.2) is 36.9 Å². The van der Waals surface area contributed by atoms with Crippen molar-refractivity contribution in [1.29, 1.82) is 0 Å². The minimum Gasteiger partial charge on any atom is -0.494 e. The zero-order valence-electron chi connectivity index (χ0n) is 17.6. The number of carbonyl (C=O) groups excluding carboxylic acids is 1. The van der Waals surface area contributed by atoms with Crippen LogP contribution in [0.2, 0.25) is 0 Å². The van der Waals surface area contributed by atoms with Crippen LogP contribution in [0.25, 0.3) is 0 Å². The predicted molar refractivity (Wildman–Crippen MR) is 121 cm³/mol. The number of rotatable bonds is 5. The maximum atomic E-state index is 13.8. The summed E-state index contributed by atoms with van der Waals surface area (Å²) in [6.07, 6.45) is 2.58. The number of ether oxygens (including phenoxy) is 2. The van der Waals surface area contributed by atoms with Crippen molar-refractivity contribution in [2.45, 2.75) is 24.7 Å². The maximum Gasteiger partial charge on any atom is 0.177 e. The zero-order valence-corrected chi connectivity index (χ0v) is 17.6. The number of benzene rings is 3. The van der Waals surface area contributed by atoms with Crippen LogP contribution in [0.4, 0.5) is 0 Å². The molecule has 0 saturated carbocycles. The lowest BCUT2D eigenvalue weighted by molar-refractivity contribution is 0.0767. The quantitative estimate of drug-likeness (QED) is 0.520. The SMILES string of the molecule is O=C1c2ccccc2Oc2ccccc2C12CCN(CCCOc1ccccc1)CC2. The van der Waals surface area contributed by atoms with Gasteiger partial charge in [-0.15, -0.1) is 0 Å².